The van der Waals surface area contributed by atoms with Crippen molar-refractivity contribution in [3.63, 3.8) is 0 Å². The van der Waals surface area contributed by atoms with E-state index in [4.69, 9.17) is 5.73 Å². The fourth-order valence-electron chi connectivity index (χ4n) is 2.14. The lowest BCUT2D eigenvalue weighted by molar-refractivity contribution is 0.475. The summed E-state index contributed by atoms with van der Waals surface area (Å²) in [5.41, 5.74) is 7.60. The van der Waals surface area contributed by atoms with Gasteiger partial charge in [-0.2, -0.15) is 9.67 Å². The number of phenols is 1. The second-order valence-electron chi connectivity index (χ2n) is 4.84. The maximum absolute atomic E-state index is 9.30. The second-order valence-corrected chi connectivity index (χ2v) is 5.85. The molecule has 0 amide bonds. The molecule has 0 spiro atoms. The molecule has 0 aliphatic heterocycles. The summed E-state index contributed by atoms with van der Waals surface area (Å²) in [6, 6.07) is 14.5. The maximum atomic E-state index is 9.30. The smallest absolute Gasteiger partial charge is 0.248 e. The number of para-hydroxylation sites is 1. The summed E-state index contributed by atoms with van der Waals surface area (Å²) in [7, 11) is 0. The standard InChI is InChI=1S/C15H12N6OS/c16-13-19-14(17-9-5-7-10(22)8-6-9)20-21(13)15-18-11-3-1-2-4-12(11)23-15/h1-8,22H,(H3,16,17,19,20). The van der Waals surface area contributed by atoms with E-state index in [-0.39, 0.29) is 11.7 Å². The Hall–Kier alpha value is -3.13. The van der Waals surface area contributed by atoms with Crippen LogP contribution in [0.2, 0.25) is 0 Å². The summed E-state index contributed by atoms with van der Waals surface area (Å²) < 4.78 is 2.57. The van der Waals surface area contributed by atoms with Crippen LogP contribution in [-0.4, -0.2) is 24.9 Å². The van der Waals surface area contributed by atoms with Crippen molar-refractivity contribution >= 4 is 39.1 Å². The molecule has 4 aromatic rings. The number of rotatable bonds is 3. The van der Waals surface area contributed by atoms with Crippen molar-refractivity contribution in [3.05, 3.63) is 48.5 Å². The number of hydrogen-bond donors (Lipinski definition) is 3. The molecule has 8 heteroatoms. The van der Waals surface area contributed by atoms with Gasteiger partial charge in [0.25, 0.3) is 0 Å². The minimum Gasteiger partial charge on any atom is -0.508 e. The molecule has 2 aromatic carbocycles. The molecule has 4 N–H and O–H groups in total. The number of nitrogens with one attached hydrogen (secondary N) is 1. The minimum absolute atomic E-state index is 0.197. The van der Waals surface area contributed by atoms with E-state index in [0.29, 0.717) is 11.1 Å². The average molecular weight is 324 g/mol. The van der Waals surface area contributed by atoms with Crippen LogP contribution in [0.1, 0.15) is 0 Å². The van der Waals surface area contributed by atoms with E-state index >= 15 is 0 Å². The monoisotopic (exact) mass is 324 g/mol. The summed E-state index contributed by atoms with van der Waals surface area (Å²) in [4.78, 5) is 8.71. The van der Waals surface area contributed by atoms with Crippen LogP contribution in [0.25, 0.3) is 15.3 Å². The number of nitrogens with zero attached hydrogens (tertiary/aromatic N) is 4. The van der Waals surface area contributed by atoms with Crippen molar-refractivity contribution in [2.24, 2.45) is 0 Å². The van der Waals surface area contributed by atoms with Crippen LogP contribution in [0.3, 0.4) is 0 Å². The molecule has 0 saturated carbocycles. The Morgan fingerprint density at radius 3 is 2.61 bits per heavy atom. The summed E-state index contributed by atoms with van der Waals surface area (Å²) >= 11 is 1.49. The van der Waals surface area contributed by atoms with Crippen LogP contribution in [0.5, 0.6) is 5.75 Å². The Bertz CT molecular complexity index is 942. The van der Waals surface area contributed by atoms with Crippen molar-refractivity contribution in [2.45, 2.75) is 0 Å². The van der Waals surface area contributed by atoms with Crippen LogP contribution in [0.15, 0.2) is 48.5 Å². The predicted molar refractivity (Wildman–Crippen MR) is 90.3 cm³/mol. The highest BCUT2D eigenvalue weighted by Gasteiger charge is 2.13. The van der Waals surface area contributed by atoms with Crippen LogP contribution in [0.4, 0.5) is 17.6 Å². The fourth-order valence-corrected chi connectivity index (χ4v) is 3.07. The first-order valence-corrected chi connectivity index (χ1v) is 7.65. The van der Waals surface area contributed by atoms with Gasteiger partial charge in [-0.25, -0.2) is 4.98 Å². The third-order valence-electron chi connectivity index (χ3n) is 3.22. The average Bonchev–Trinajstić information content (AvgIpc) is 3.12. The molecule has 0 radical (unpaired) electrons. The Kier molecular flexibility index (Phi) is 3.09. The van der Waals surface area contributed by atoms with Crippen molar-refractivity contribution in [1.29, 1.82) is 0 Å². The maximum Gasteiger partial charge on any atom is 0.248 e. The molecule has 7 nitrogen and oxygen atoms in total. The molecule has 114 valence electrons. The third kappa shape index (κ3) is 2.55. The van der Waals surface area contributed by atoms with Crippen LogP contribution in [0, 0.1) is 0 Å². The number of benzene rings is 2. The molecule has 0 aliphatic carbocycles. The Balaban J connectivity index is 1.67. The predicted octanol–water partition coefficient (Wildman–Crippen LogP) is 2.91. The van der Waals surface area contributed by atoms with E-state index in [1.54, 1.807) is 24.3 Å². The van der Waals surface area contributed by atoms with Gasteiger partial charge < -0.3 is 16.2 Å². The summed E-state index contributed by atoms with van der Waals surface area (Å²) in [5.74, 6) is 0.820. The lowest BCUT2D eigenvalue weighted by atomic mass is 10.3. The van der Waals surface area contributed by atoms with E-state index in [2.05, 4.69) is 20.4 Å². The van der Waals surface area contributed by atoms with E-state index in [0.717, 1.165) is 15.9 Å². The number of hydrogen-bond acceptors (Lipinski definition) is 7. The largest absolute Gasteiger partial charge is 0.508 e. The highest BCUT2D eigenvalue weighted by molar-refractivity contribution is 7.20. The van der Waals surface area contributed by atoms with E-state index in [9.17, 15) is 5.11 Å². The molecule has 0 atom stereocenters. The first-order valence-electron chi connectivity index (χ1n) is 6.83. The van der Waals surface area contributed by atoms with Gasteiger partial charge in [0, 0.05) is 5.69 Å². The number of nitrogen functional groups attached to an aromatic ring is 1. The number of aromatic nitrogens is 4. The van der Waals surface area contributed by atoms with E-state index in [1.165, 1.54) is 16.0 Å². The molecule has 0 unspecified atom stereocenters. The number of nitrogens with two attached hydrogens (primary N) is 1. The molecule has 2 aromatic heterocycles. The molecular formula is C15H12N6OS. The zero-order valence-electron chi connectivity index (χ0n) is 11.8. The molecule has 0 bridgehead atoms. The Labute approximate surface area is 135 Å². The first kappa shape index (κ1) is 13.5. The zero-order valence-corrected chi connectivity index (χ0v) is 12.7. The molecule has 2 heterocycles. The van der Waals surface area contributed by atoms with Crippen molar-refractivity contribution in [3.8, 4) is 10.9 Å². The minimum atomic E-state index is 0.197. The molecule has 0 aliphatic rings. The van der Waals surface area contributed by atoms with Crippen LogP contribution >= 0.6 is 11.3 Å². The fraction of sp³-hybridized carbons (Fsp3) is 0. The summed E-state index contributed by atoms with van der Waals surface area (Å²) in [6.07, 6.45) is 0. The van der Waals surface area contributed by atoms with Gasteiger partial charge in [-0.05, 0) is 36.4 Å². The highest BCUT2D eigenvalue weighted by atomic mass is 32.1. The van der Waals surface area contributed by atoms with Gasteiger partial charge >= 0.3 is 0 Å². The van der Waals surface area contributed by atoms with Gasteiger partial charge in [0.2, 0.25) is 17.0 Å². The van der Waals surface area contributed by atoms with Crippen molar-refractivity contribution in [1.82, 2.24) is 19.7 Å². The van der Waals surface area contributed by atoms with Gasteiger partial charge in [0.15, 0.2) is 0 Å². The Morgan fingerprint density at radius 2 is 1.83 bits per heavy atom. The number of aromatic hydroxyl groups is 1. The summed E-state index contributed by atoms with van der Waals surface area (Å²) in [5, 5.41) is 17.3. The van der Waals surface area contributed by atoms with Gasteiger partial charge in [-0.15, -0.1) is 5.10 Å². The van der Waals surface area contributed by atoms with Gasteiger partial charge in [-0.1, -0.05) is 23.5 Å². The Morgan fingerprint density at radius 1 is 1.04 bits per heavy atom. The second kappa shape index (κ2) is 5.25. The van der Waals surface area contributed by atoms with Gasteiger partial charge in [0.1, 0.15) is 5.75 Å². The van der Waals surface area contributed by atoms with Crippen LogP contribution < -0.4 is 11.1 Å². The van der Waals surface area contributed by atoms with Gasteiger partial charge in [0.05, 0.1) is 10.2 Å². The normalized spacial score (nSPS) is 11.0. The zero-order chi connectivity index (χ0) is 15.8. The molecule has 4 rings (SSSR count). The van der Waals surface area contributed by atoms with E-state index in [1.807, 2.05) is 24.3 Å². The molecule has 0 saturated heterocycles. The quantitative estimate of drug-likeness (QED) is 0.501. The van der Waals surface area contributed by atoms with Gasteiger partial charge in [-0.3, -0.25) is 0 Å². The lowest BCUT2D eigenvalue weighted by Crippen LogP contribution is -2.01. The van der Waals surface area contributed by atoms with Crippen molar-refractivity contribution < 1.29 is 5.11 Å². The van der Waals surface area contributed by atoms with Crippen molar-refractivity contribution in [2.75, 3.05) is 11.1 Å². The molecular weight excluding hydrogens is 312 g/mol. The third-order valence-corrected chi connectivity index (χ3v) is 4.23. The number of anilines is 3. The highest BCUT2D eigenvalue weighted by Crippen LogP contribution is 2.26. The van der Waals surface area contributed by atoms with Crippen LogP contribution in [-0.2, 0) is 0 Å². The first-order chi connectivity index (χ1) is 11.2. The topological polar surface area (TPSA) is 102 Å². The van der Waals surface area contributed by atoms with E-state index < -0.39 is 0 Å². The lowest BCUT2D eigenvalue weighted by Gasteiger charge is -2.00. The molecule has 0 fully saturated rings. The SMILES string of the molecule is Nc1nc(Nc2ccc(O)cc2)nn1-c1nc2ccccc2s1. The number of fused-ring (bicyclic) bond motifs is 1. The summed E-state index contributed by atoms with van der Waals surface area (Å²) in [6.45, 7) is 0. The molecule has 23 heavy (non-hydrogen) atoms. The number of thiazole rings is 1. The number of phenolic OH excluding ortho intramolecular Hbond substituents is 1.